The van der Waals surface area contributed by atoms with E-state index in [0.717, 1.165) is 12.8 Å². The Kier molecular flexibility index (Phi) is 7.43. The molecule has 36 heavy (non-hydrogen) atoms. The molecule has 0 radical (unpaired) electrons. The van der Waals surface area contributed by atoms with Gasteiger partial charge in [0, 0.05) is 0 Å². The van der Waals surface area contributed by atoms with Crippen molar-refractivity contribution in [2.45, 2.75) is 48.9 Å². The fraction of sp³-hybridized carbons (Fsp3) is 0.250. The quantitative estimate of drug-likeness (QED) is 0.169. The van der Waals surface area contributed by atoms with E-state index < -0.39 is 17.1 Å². The van der Waals surface area contributed by atoms with Crippen LogP contribution >= 0.6 is 24.8 Å². The zero-order valence-electron chi connectivity index (χ0n) is 21.8. The molecule has 0 N–H and O–H groups in total. The summed E-state index contributed by atoms with van der Waals surface area (Å²) in [6, 6.07) is 28.1. The van der Waals surface area contributed by atoms with E-state index >= 15 is 0 Å². The van der Waals surface area contributed by atoms with Gasteiger partial charge in [0.05, 0.1) is 0 Å². The van der Waals surface area contributed by atoms with Crippen LogP contribution < -0.4 is 6.64 Å². The first-order chi connectivity index (χ1) is 16.4. The van der Waals surface area contributed by atoms with Crippen molar-refractivity contribution >= 4 is 38.4 Å². The fourth-order valence-electron chi connectivity index (χ4n) is 7.31. The second kappa shape index (κ2) is 9.69. The van der Waals surface area contributed by atoms with E-state index in [0.29, 0.717) is 0 Å². The SMILES string of the molecule is C[CH2][Hf](=[SiH2])([CH2]C)([c]1ccc2c(c1C)Cc1ccccc1-2)[c]1ccc2c(c1C)Cc1ccccc1-2.Cl.Cl. The molecule has 186 valence electrons. The van der Waals surface area contributed by atoms with E-state index in [4.69, 9.17) is 0 Å². The molecule has 4 heteroatoms. The van der Waals surface area contributed by atoms with Crippen LogP contribution in [0.15, 0.2) is 72.8 Å². The largest absolute Gasteiger partial charge is 0.147 e. The molecule has 0 aromatic heterocycles. The summed E-state index contributed by atoms with van der Waals surface area (Å²) in [4.78, 5) is 0. The molecule has 4 aromatic carbocycles. The molecule has 0 saturated heterocycles. The topological polar surface area (TPSA) is 0 Å². The molecule has 0 atom stereocenters. The Balaban J connectivity index is 0.00000152. The van der Waals surface area contributed by atoms with Crippen LogP contribution in [0, 0.1) is 13.8 Å². The van der Waals surface area contributed by atoms with Gasteiger partial charge in [0.25, 0.3) is 0 Å². The maximum Gasteiger partial charge on any atom is -0.147 e. The van der Waals surface area contributed by atoms with Crippen LogP contribution in [0.1, 0.15) is 47.2 Å². The van der Waals surface area contributed by atoms with Crippen molar-refractivity contribution in [2.24, 2.45) is 0 Å². The van der Waals surface area contributed by atoms with Crippen LogP contribution in [-0.2, 0) is 30.0 Å². The van der Waals surface area contributed by atoms with E-state index in [9.17, 15) is 0 Å². The molecule has 0 aliphatic heterocycles. The molecule has 0 spiro atoms. The Labute approximate surface area is 231 Å². The van der Waals surface area contributed by atoms with E-state index in [1.807, 2.05) is 0 Å². The van der Waals surface area contributed by atoms with Crippen LogP contribution in [0.25, 0.3) is 22.3 Å². The summed E-state index contributed by atoms with van der Waals surface area (Å²) in [5.41, 5.74) is 15.2. The molecule has 0 fully saturated rings. The normalized spacial score (nSPS) is 13.1. The van der Waals surface area contributed by atoms with Gasteiger partial charge in [-0.2, -0.15) is 0 Å². The van der Waals surface area contributed by atoms with Gasteiger partial charge in [-0.25, -0.2) is 0 Å². The molecule has 0 bridgehead atoms. The van der Waals surface area contributed by atoms with Crippen LogP contribution in [0.2, 0.25) is 8.35 Å². The molecule has 0 saturated carbocycles. The minimum Gasteiger partial charge on any atom is -0.147 e. The average Bonchev–Trinajstić information content (AvgIpc) is 3.44. The van der Waals surface area contributed by atoms with Crippen molar-refractivity contribution in [1.82, 2.24) is 0 Å². The molecule has 0 heterocycles. The summed E-state index contributed by atoms with van der Waals surface area (Å²) in [5, 5.41) is 0. The number of rotatable bonds is 4. The molecule has 0 nitrogen and oxygen atoms in total. The average molecular weight is 698 g/mol. The van der Waals surface area contributed by atoms with E-state index in [2.05, 4.69) is 107 Å². The summed E-state index contributed by atoms with van der Waals surface area (Å²) >= 11 is -3.68. The van der Waals surface area contributed by atoms with Crippen molar-refractivity contribution in [1.29, 1.82) is 0 Å². The second-order valence-electron chi connectivity index (χ2n) is 10.8. The molecule has 6 rings (SSSR count). The summed E-state index contributed by atoms with van der Waals surface area (Å²) in [6.45, 7) is 12.3. The third kappa shape index (κ3) is 3.62. The zero-order chi connectivity index (χ0) is 23.7. The van der Waals surface area contributed by atoms with Crippen molar-refractivity contribution in [2.75, 3.05) is 0 Å². The monoisotopic (exact) mass is 698 g/mol. The molecule has 2 aliphatic rings. The van der Waals surface area contributed by atoms with Gasteiger partial charge in [-0.3, -0.25) is 0 Å². The number of halogens is 2. The Morgan fingerprint density at radius 3 is 1.36 bits per heavy atom. The third-order valence-corrected chi connectivity index (χ3v) is 50.4. The zero-order valence-corrected chi connectivity index (χ0v) is 28.4. The number of hydrogen-bond acceptors (Lipinski definition) is 0. The van der Waals surface area contributed by atoms with Gasteiger partial charge >= 0.3 is 208 Å². The smallest absolute Gasteiger partial charge is 0.147 e. The number of fused-ring (bicyclic) bond motifs is 6. The van der Waals surface area contributed by atoms with Crippen LogP contribution in [0.4, 0.5) is 0 Å². The van der Waals surface area contributed by atoms with Gasteiger partial charge < -0.3 is 0 Å². The molecule has 4 aromatic rings. The van der Waals surface area contributed by atoms with Gasteiger partial charge in [0.1, 0.15) is 0 Å². The van der Waals surface area contributed by atoms with Gasteiger partial charge in [-0.15, -0.1) is 24.8 Å². The van der Waals surface area contributed by atoms with Crippen LogP contribution in [0.5, 0.6) is 0 Å². The fourth-order valence-corrected chi connectivity index (χ4v) is 33.8. The predicted octanol–water partition coefficient (Wildman–Crippen LogP) is 7.35. The van der Waals surface area contributed by atoms with Gasteiger partial charge in [-0.05, 0) is 0 Å². The molecule has 0 unspecified atom stereocenters. The third-order valence-electron chi connectivity index (χ3n) is 9.67. The van der Waals surface area contributed by atoms with E-state index in [-0.39, 0.29) is 24.8 Å². The minimum atomic E-state index is -3.68. The van der Waals surface area contributed by atoms with E-state index in [1.54, 1.807) is 28.9 Å². The summed E-state index contributed by atoms with van der Waals surface area (Å²) in [5.74, 6) is 0. The minimum absolute atomic E-state index is 0. The van der Waals surface area contributed by atoms with E-state index in [1.165, 1.54) is 41.7 Å². The van der Waals surface area contributed by atoms with Gasteiger partial charge in [0.2, 0.25) is 0 Å². The molecular formula is C32H36Cl2HfSi. The summed E-state index contributed by atoms with van der Waals surface area (Å²) in [7, 11) is 0. The Hall–Kier alpha value is -1.45. The molecule has 0 amide bonds. The maximum absolute atomic E-state index is 3.68. The van der Waals surface area contributed by atoms with Crippen molar-refractivity contribution in [3.8, 4) is 22.3 Å². The summed E-state index contributed by atoms with van der Waals surface area (Å²) < 4.78 is 6.10. The van der Waals surface area contributed by atoms with Crippen molar-refractivity contribution in [3.05, 3.63) is 106 Å². The van der Waals surface area contributed by atoms with Crippen LogP contribution in [0.3, 0.4) is 0 Å². The van der Waals surface area contributed by atoms with Crippen molar-refractivity contribution in [3.63, 3.8) is 0 Å². The predicted molar refractivity (Wildman–Crippen MR) is 162 cm³/mol. The van der Waals surface area contributed by atoms with Gasteiger partial charge in [0.15, 0.2) is 0 Å². The standard InChI is InChI=1S/2C14H11.2C2H5.2ClH.Hf.H2Si/c2*1-10-5-4-8-13-12-7-3-2-6-11(12)9-14(10)13;2*1-2;;;;/h2*2-4,6-8H,9H2,1H3;2*1H2,2H3;2*1H;;1H2. The first kappa shape index (κ1) is 27.6. The molecule has 2 aliphatic carbocycles. The first-order valence-corrected chi connectivity index (χ1v) is 29.9. The number of hydrogen-bond donors (Lipinski definition) is 0. The Bertz CT molecular complexity index is 1450. The Morgan fingerprint density at radius 1 is 0.583 bits per heavy atom. The first-order valence-electron chi connectivity index (χ1n) is 12.9. The Morgan fingerprint density at radius 2 is 0.972 bits per heavy atom. The number of benzene rings is 4. The molecular weight excluding hydrogens is 662 g/mol. The second-order valence-corrected chi connectivity index (χ2v) is 47.7. The maximum atomic E-state index is 2.56. The van der Waals surface area contributed by atoms with Crippen molar-refractivity contribution < 1.29 is 17.1 Å². The summed E-state index contributed by atoms with van der Waals surface area (Å²) in [6.07, 6.45) is 2.18. The van der Waals surface area contributed by atoms with Gasteiger partial charge in [-0.1, -0.05) is 0 Å². The van der Waals surface area contributed by atoms with Crippen LogP contribution in [-0.4, -0.2) is 6.94 Å².